The van der Waals surface area contributed by atoms with Crippen molar-refractivity contribution < 1.29 is 9.53 Å². The maximum atomic E-state index is 12.1. The lowest BCUT2D eigenvalue weighted by Crippen LogP contribution is -2.24. The maximum Gasteiger partial charge on any atom is 0.334 e. The van der Waals surface area contributed by atoms with Gasteiger partial charge in [0.1, 0.15) is 5.60 Å². The Labute approximate surface area is 115 Å². The number of benzene rings is 1. The van der Waals surface area contributed by atoms with Crippen molar-refractivity contribution in [1.29, 1.82) is 0 Å². The van der Waals surface area contributed by atoms with Crippen molar-refractivity contribution in [2.45, 2.75) is 53.1 Å². The van der Waals surface area contributed by atoms with Gasteiger partial charge in [0.15, 0.2) is 0 Å². The van der Waals surface area contributed by atoms with Crippen LogP contribution in [0.2, 0.25) is 0 Å². The van der Waals surface area contributed by atoms with Gasteiger partial charge >= 0.3 is 5.97 Å². The van der Waals surface area contributed by atoms with Crippen LogP contribution in [0.1, 0.15) is 51.3 Å². The lowest BCUT2D eigenvalue weighted by molar-refractivity contribution is -0.149. The molecule has 0 amide bonds. The van der Waals surface area contributed by atoms with Crippen LogP contribution in [0.5, 0.6) is 0 Å². The number of allylic oxidation sites excluding steroid dienone is 1. The Hall–Kier alpha value is -1.57. The first-order valence-corrected chi connectivity index (χ1v) is 6.81. The van der Waals surface area contributed by atoms with Crippen molar-refractivity contribution >= 4 is 11.5 Å². The standard InChI is InChI=1S/C17H22O2/c1-11(12(2)16(18)19-17(3,4)5)14-8-6-13-7-9-15(13)10-14/h6,8,10H,7,9H2,1-5H3/b12-11+. The number of ether oxygens (including phenoxy) is 1. The fourth-order valence-corrected chi connectivity index (χ4v) is 2.15. The molecule has 1 aliphatic carbocycles. The van der Waals surface area contributed by atoms with Crippen LogP contribution < -0.4 is 0 Å². The monoisotopic (exact) mass is 258 g/mol. The average Bonchev–Trinajstić information content (AvgIpc) is 2.26. The molecule has 0 radical (unpaired) electrons. The van der Waals surface area contributed by atoms with E-state index in [0.717, 1.165) is 17.6 Å². The zero-order chi connectivity index (χ0) is 14.2. The van der Waals surface area contributed by atoms with Crippen LogP contribution in [-0.2, 0) is 22.4 Å². The number of esters is 1. The molecule has 1 aliphatic rings. The minimum atomic E-state index is -0.445. The van der Waals surface area contributed by atoms with Crippen LogP contribution in [0, 0.1) is 0 Å². The highest BCUT2D eigenvalue weighted by atomic mass is 16.6. The fraction of sp³-hybridized carbons (Fsp3) is 0.471. The van der Waals surface area contributed by atoms with E-state index in [9.17, 15) is 4.79 Å². The molecule has 0 fully saturated rings. The van der Waals surface area contributed by atoms with Gasteiger partial charge in [-0.05, 0) is 69.7 Å². The second-order valence-corrected chi connectivity index (χ2v) is 6.24. The molecule has 2 nitrogen and oxygen atoms in total. The van der Waals surface area contributed by atoms with Crippen LogP contribution in [0.4, 0.5) is 0 Å². The van der Waals surface area contributed by atoms with Gasteiger partial charge in [-0.2, -0.15) is 0 Å². The van der Waals surface area contributed by atoms with E-state index < -0.39 is 5.60 Å². The summed E-state index contributed by atoms with van der Waals surface area (Å²) in [5.41, 5.74) is 5.22. The van der Waals surface area contributed by atoms with Gasteiger partial charge in [0.25, 0.3) is 0 Å². The first-order valence-electron chi connectivity index (χ1n) is 6.81. The highest BCUT2D eigenvalue weighted by molar-refractivity contribution is 5.96. The number of hydrogen-bond donors (Lipinski definition) is 0. The van der Waals surface area contributed by atoms with Gasteiger partial charge in [0.2, 0.25) is 0 Å². The third-order valence-electron chi connectivity index (χ3n) is 3.57. The molecule has 0 atom stereocenters. The van der Waals surface area contributed by atoms with Gasteiger partial charge in [0.05, 0.1) is 0 Å². The normalized spacial score (nSPS) is 15.2. The van der Waals surface area contributed by atoms with Crippen LogP contribution >= 0.6 is 0 Å². The molecule has 0 N–H and O–H groups in total. The molecule has 1 aromatic rings. The van der Waals surface area contributed by atoms with E-state index in [0.29, 0.717) is 5.57 Å². The number of aryl methyl sites for hydroxylation is 2. The molecular formula is C17H22O2. The summed E-state index contributed by atoms with van der Waals surface area (Å²) in [4.78, 5) is 12.1. The molecule has 2 rings (SSSR count). The minimum Gasteiger partial charge on any atom is -0.457 e. The summed E-state index contributed by atoms with van der Waals surface area (Å²) >= 11 is 0. The number of hydrogen-bond acceptors (Lipinski definition) is 2. The summed E-state index contributed by atoms with van der Waals surface area (Å²) in [6.07, 6.45) is 2.34. The summed E-state index contributed by atoms with van der Waals surface area (Å²) in [6, 6.07) is 6.46. The maximum absolute atomic E-state index is 12.1. The van der Waals surface area contributed by atoms with Crippen molar-refractivity contribution in [3.63, 3.8) is 0 Å². The van der Waals surface area contributed by atoms with Gasteiger partial charge in [-0.1, -0.05) is 18.2 Å². The second kappa shape index (κ2) is 4.84. The molecule has 0 spiro atoms. The van der Waals surface area contributed by atoms with Gasteiger partial charge in [-0.15, -0.1) is 0 Å². The van der Waals surface area contributed by atoms with E-state index >= 15 is 0 Å². The summed E-state index contributed by atoms with van der Waals surface area (Å²) in [5.74, 6) is -0.229. The lowest BCUT2D eigenvalue weighted by atomic mass is 9.85. The number of carbonyl (C=O) groups is 1. The lowest BCUT2D eigenvalue weighted by Gasteiger charge is -2.22. The molecular weight excluding hydrogens is 236 g/mol. The summed E-state index contributed by atoms with van der Waals surface area (Å²) in [6.45, 7) is 9.48. The van der Waals surface area contributed by atoms with Crippen LogP contribution in [0.15, 0.2) is 23.8 Å². The zero-order valence-corrected chi connectivity index (χ0v) is 12.5. The second-order valence-electron chi connectivity index (χ2n) is 6.24. The fourth-order valence-electron chi connectivity index (χ4n) is 2.15. The Bertz CT molecular complexity index is 545. The summed E-state index contributed by atoms with van der Waals surface area (Å²) in [7, 11) is 0. The van der Waals surface area contributed by atoms with Crippen LogP contribution in [-0.4, -0.2) is 11.6 Å². The van der Waals surface area contributed by atoms with Gasteiger partial charge in [-0.25, -0.2) is 4.79 Å². The van der Waals surface area contributed by atoms with E-state index in [1.165, 1.54) is 17.5 Å². The van der Waals surface area contributed by atoms with Gasteiger partial charge in [0, 0.05) is 5.57 Å². The molecule has 102 valence electrons. The Morgan fingerprint density at radius 2 is 1.74 bits per heavy atom. The van der Waals surface area contributed by atoms with Crippen LogP contribution in [0.3, 0.4) is 0 Å². The minimum absolute atomic E-state index is 0.229. The van der Waals surface area contributed by atoms with E-state index in [2.05, 4.69) is 18.2 Å². The number of fused-ring (bicyclic) bond motifs is 1. The van der Waals surface area contributed by atoms with E-state index in [-0.39, 0.29) is 5.97 Å². The predicted octanol–water partition coefficient (Wildman–Crippen LogP) is 3.92. The topological polar surface area (TPSA) is 26.3 Å². The van der Waals surface area contributed by atoms with Crippen molar-refractivity contribution in [2.24, 2.45) is 0 Å². The molecule has 0 aromatic heterocycles. The van der Waals surface area contributed by atoms with E-state index in [1.54, 1.807) is 0 Å². The molecule has 2 heteroatoms. The Balaban J connectivity index is 2.24. The summed E-state index contributed by atoms with van der Waals surface area (Å²) in [5, 5.41) is 0. The molecule has 0 aliphatic heterocycles. The third-order valence-corrected chi connectivity index (χ3v) is 3.57. The van der Waals surface area contributed by atoms with E-state index in [1.807, 2.05) is 34.6 Å². The Kier molecular flexibility index (Phi) is 3.53. The molecule has 0 saturated heterocycles. The number of rotatable bonds is 2. The highest BCUT2D eigenvalue weighted by Crippen LogP contribution is 2.28. The molecule has 0 saturated carbocycles. The highest BCUT2D eigenvalue weighted by Gasteiger charge is 2.20. The van der Waals surface area contributed by atoms with Gasteiger partial charge in [-0.3, -0.25) is 0 Å². The molecule has 1 aromatic carbocycles. The van der Waals surface area contributed by atoms with Crippen molar-refractivity contribution in [3.8, 4) is 0 Å². The van der Waals surface area contributed by atoms with Crippen molar-refractivity contribution in [1.82, 2.24) is 0 Å². The molecule has 0 bridgehead atoms. The first-order chi connectivity index (χ1) is 8.78. The largest absolute Gasteiger partial charge is 0.457 e. The predicted molar refractivity (Wildman–Crippen MR) is 78.0 cm³/mol. The number of carbonyl (C=O) groups excluding carboxylic acids is 1. The van der Waals surface area contributed by atoms with Crippen LogP contribution in [0.25, 0.3) is 5.57 Å². The average molecular weight is 258 g/mol. The SMILES string of the molecule is C/C(C(=O)OC(C)(C)C)=C(/C)c1ccc2c(c1)CC2. The smallest absolute Gasteiger partial charge is 0.334 e. The summed E-state index contributed by atoms with van der Waals surface area (Å²) < 4.78 is 5.41. The third kappa shape index (κ3) is 3.06. The first kappa shape index (κ1) is 13.9. The molecule has 0 heterocycles. The zero-order valence-electron chi connectivity index (χ0n) is 12.5. The Morgan fingerprint density at radius 1 is 1.11 bits per heavy atom. The van der Waals surface area contributed by atoms with Crippen molar-refractivity contribution in [2.75, 3.05) is 0 Å². The van der Waals surface area contributed by atoms with Gasteiger partial charge < -0.3 is 4.74 Å². The van der Waals surface area contributed by atoms with Crippen molar-refractivity contribution in [3.05, 3.63) is 40.5 Å². The molecule has 0 unspecified atom stereocenters. The molecule has 19 heavy (non-hydrogen) atoms. The quantitative estimate of drug-likeness (QED) is 0.593. The van der Waals surface area contributed by atoms with E-state index in [4.69, 9.17) is 4.74 Å². The Morgan fingerprint density at radius 3 is 2.21 bits per heavy atom.